The molecule has 7 heteroatoms. The van der Waals surface area contributed by atoms with E-state index in [4.69, 9.17) is 16.6 Å². The molecule has 1 saturated heterocycles. The first-order chi connectivity index (χ1) is 15.6. The third kappa shape index (κ3) is 4.66. The van der Waals surface area contributed by atoms with Crippen LogP contribution in [0, 0.1) is 11.8 Å². The van der Waals surface area contributed by atoms with E-state index in [2.05, 4.69) is 10.2 Å². The molecule has 3 aliphatic carbocycles. The molecule has 1 aromatic rings. The van der Waals surface area contributed by atoms with E-state index in [0.717, 1.165) is 63.5 Å². The maximum atomic E-state index is 12.9. The maximum absolute atomic E-state index is 12.9. The van der Waals surface area contributed by atoms with Gasteiger partial charge < -0.3 is 15.1 Å². The van der Waals surface area contributed by atoms with Gasteiger partial charge in [-0.25, -0.2) is 0 Å². The molecule has 2 amide bonds. The Morgan fingerprint density at radius 3 is 2.31 bits per heavy atom. The van der Waals surface area contributed by atoms with Gasteiger partial charge in [0.25, 0.3) is 5.91 Å². The molecule has 0 aromatic heterocycles. The highest BCUT2D eigenvalue weighted by molar-refractivity contribution is 6.33. The Bertz CT molecular complexity index is 897. The summed E-state index contributed by atoms with van der Waals surface area (Å²) in [4.78, 5) is 35.2. The van der Waals surface area contributed by atoms with E-state index in [-0.39, 0.29) is 11.8 Å². The number of carbonyl (C=O) groups is 2. The van der Waals surface area contributed by atoms with Crippen LogP contribution < -0.4 is 5.32 Å². The highest BCUT2D eigenvalue weighted by Crippen LogP contribution is 2.42. The average Bonchev–Trinajstić information content (AvgIpc) is 3.68. The number of halogens is 1. The molecule has 0 radical (unpaired) electrons. The number of hydrogen-bond donors (Lipinski definition) is 1. The van der Waals surface area contributed by atoms with Crippen molar-refractivity contribution < 1.29 is 9.59 Å². The molecular weight excluding hydrogens is 424 g/mol. The smallest absolute Gasteiger partial charge is 0.255 e. The van der Waals surface area contributed by atoms with Gasteiger partial charge in [0.15, 0.2) is 0 Å². The van der Waals surface area contributed by atoms with Gasteiger partial charge in [0.1, 0.15) is 11.4 Å². The fourth-order valence-corrected chi connectivity index (χ4v) is 4.94. The summed E-state index contributed by atoms with van der Waals surface area (Å²) in [5.41, 5.74) is 0.0224. The van der Waals surface area contributed by atoms with Gasteiger partial charge in [-0.15, -0.1) is 0 Å². The third-order valence-electron chi connectivity index (χ3n) is 7.48. The zero-order valence-electron chi connectivity index (χ0n) is 18.7. The van der Waals surface area contributed by atoms with Crippen molar-refractivity contribution in [1.29, 1.82) is 0 Å². The normalized spacial score (nSPS) is 23.0. The Hall–Kier alpha value is -2.08. The number of hydrogen-bond acceptors (Lipinski definition) is 3. The summed E-state index contributed by atoms with van der Waals surface area (Å²) < 4.78 is 0. The molecule has 0 bridgehead atoms. The topological polar surface area (TPSA) is 65.0 Å². The molecule has 0 unspecified atom stereocenters. The number of amidine groups is 1. The molecule has 6 nitrogen and oxygen atoms in total. The Kier molecular flexibility index (Phi) is 6.15. The predicted octanol–water partition coefficient (Wildman–Crippen LogP) is 3.75. The molecule has 32 heavy (non-hydrogen) atoms. The van der Waals surface area contributed by atoms with Crippen molar-refractivity contribution in [3.63, 3.8) is 0 Å². The summed E-state index contributed by atoms with van der Waals surface area (Å²) >= 11 is 6.24. The zero-order valence-corrected chi connectivity index (χ0v) is 19.4. The fraction of sp³-hybridized carbons (Fsp3) is 0.640. The van der Waals surface area contributed by atoms with Gasteiger partial charge in [0, 0.05) is 38.6 Å². The van der Waals surface area contributed by atoms with Gasteiger partial charge >= 0.3 is 0 Å². The number of nitrogens with one attached hydrogen (secondary N) is 1. The van der Waals surface area contributed by atoms with Crippen molar-refractivity contribution in [3.8, 4) is 0 Å². The van der Waals surface area contributed by atoms with Crippen LogP contribution in [0.15, 0.2) is 29.3 Å². The summed E-state index contributed by atoms with van der Waals surface area (Å²) in [5.74, 6) is 2.49. The SMILES string of the molecule is O=C(c1ccccc1Cl)N1CCN(C(=NC2(C(=O)NCCC3CC3)CC2)C2CCC2)CC1. The molecule has 1 N–H and O–H groups in total. The molecule has 1 aliphatic heterocycles. The first kappa shape index (κ1) is 21.7. The second kappa shape index (κ2) is 9.05. The fourth-order valence-electron chi connectivity index (χ4n) is 4.72. The standard InChI is InChI=1S/C25H33ClN4O2/c26-21-7-2-1-6-20(21)23(31)30-16-14-29(15-17-30)22(19-4-3-5-19)28-25(11-12-25)24(32)27-13-10-18-8-9-18/h1-2,6-7,18-19H,3-5,8-17H2,(H,27,32). The molecule has 4 aliphatic rings. The summed E-state index contributed by atoms with van der Waals surface area (Å²) in [7, 11) is 0. The van der Waals surface area contributed by atoms with Crippen LogP contribution >= 0.6 is 11.6 Å². The van der Waals surface area contributed by atoms with Crippen LogP contribution in [-0.2, 0) is 4.79 Å². The summed E-state index contributed by atoms with van der Waals surface area (Å²) in [6.07, 6.45) is 8.96. The van der Waals surface area contributed by atoms with Crippen molar-refractivity contribution in [2.45, 2.75) is 56.9 Å². The Morgan fingerprint density at radius 1 is 1.03 bits per heavy atom. The Labute approximate surface area is 195 Å². The summed E-state index contributed by atoms with van der Waals surface area (Å²) in [6.45, 7) is 3.59. The second-order valence-corrected chi connectivity index (χ2v) is 10.3. The molecule has 3 saturated carbocycles. The highest BCUT2D eigenvalue weighted by atomic mass is 35.5. The van der Waals surface area contributed by atoms with Crippen LogP contribution in [0.5, 0.6) is 0 Å². The van der Waals surface area contributed by atoms with E-state index in [1.807, 2.05) is 17.0 Å². The van der Waals surface area contributed by atoms with Gasteiger partial charge in [-0.2, -0.15) is 0 Å². The van der Waals surface area contributed by atoms with Crippen molar-refractivity contribution in [1.82, 2.24) is 15.1 Å². The number of carbonyl (C=O) groups excluding carboxylic acids is 2. The lowest BCUT2D eigenvalue weighted by Gasteiger charge is -2.41. The minimum absolute atomic E-state index is 0.00825. The molecular formula is C25H33ClN4O2. The van der Waals surface area contributed by atoms with Crippen molar-refractivity contribution in [2.75, 3.05) is 32.7 Å². The van der Waals surface area contributed by atoms with Crippen molar-refractivity contribution >= 4 is 29.3 Å². The number of aliphatic imine (C=N–C) groups is 1. The maximum Gasteiger partial charge on any atom is 0.255 e. The lowest BCUT2D eigenvalue weighted by molar-refractivity contribution is -0.123. The van der Waals surface area contributed by atoms with E-state index in [1.165, 1.54) is 19.3 Å². The molecule has 1 heterocycles. The molecule has 0 spiro atoms. The Balaban J connectivity index is 1.23. The van der Waals surface area contributed by atoms with Crippen molar-refractivity contribution in [3.05, 3.63) is 34.9 Å². The number of nitrogens with zero attached hydrogens (tertiary/aromatic N) is 3. The van der Waals surface area contributed by atoms with Crippen LogP contribution in [0.2, 0.25) is 5.02 Å². The summed E-state index contributed by atoms with van der Waals surface area (Å²) in [6, 6.07) is 7.24. The Morgan fingerprint density at radius 2 is 1.72 bits per heavy atom. The largest absolute Gasteiger partial charge is 0.357 e. The van der Waals surface area contributed by atoms with Crippen LogP contribution in [0.1, 0.15) is 61.7 Å². The number of rotatable bonds is 7. The zero-order chi connectivity index (χ0) is 22.1. The van der Waals surface area contributed by atoms with E-state index in [1.54, 1.807) is 12.1 Å². The van der Waals surface area contributed by atoms with Crippen LogP contribution in [0.4, 0.5) is 0 Å². The quantitative estimate of drug-likeness (QED) is 0.502. The van der Waals surface area contributed by atoms with E-state index in [0.29, 0.717) is 29.6 Å². The predicted molar refractivity (Wildman–Crippen MR) is 126 cm³/mol. The molecule has 172 valence electrons. The summed E-state index contributed by atoms with van der Waals surface area (Å²) in [5, 5.41) is 3.66. The lowest BCUT2D eigenvalue weighted by atomic mass is 9.83. The van der Waals surface area contributed by atoms with Gasteiger partial charge in [-0.05, 0) is 50.2 Å². The second-order valence-electron chi connectivity index (χ2n) is 9.88. The van der Waals surface area contributed by atoms with Crippen molar-refractivity contribution in [2.24, 2.45) is 16.8 Å². The molecule has 0 atom stereocenters. The van der Waals surface area contributed by atoms with Gasteiger partial charge in [0.05, 0.1) is 10.6 Å². The van der Waals surface area contributed by atoms with Crippen LogP contribution in [0.25, 0.3) is 0 Å². The van der Waals surface area contributed by atoms with Gasteiger partial charge in [0.2, 0.25) is 5.91 Å². The van der Waals surface area contributed by atoms with E-state index < -0.39 is 5.54 Å². The van der Waals surface area contributed by atoms with E-state index in [9.17, 15) is 9.59 Å². The third-order valence-corrected chi connectivity index (χ3v) is 7.80. The first-order valence-corrected chi connectivity index (χ1v) is 12.6. The van der Waals surface area contributed by atoms with Gasteiger partial charge in [-0.1, -0.05) is 43.0 Å². The van der Waals surface area contributed by atoms with Crippen LogP contribution in [0.3, 0.4) is 0 Å². The van der Waals surface area contributed by atoms with Crippen LogP contribution in [-0.4, -0.2) is 65.7 Å². The lowest BCUT2D eigenvalue weighted by Crippen LogP contribution is -2.53. The molecule has 4 fully saturated rings. The number of amides is 2. The minimum Gasteiger partial charge on any atom is -0.357 e. The molecule has 5 rings (SSSR count). The van der Waals surface area contributed by atoms with E-state index >= 15 is 0 Å². The number of piperazine rings is 1. The first-order valence-electron chi connectivity index (χ1n) is 12.2. The average molecular weight is 457 g/mol. The molecule has 1 aromatic carbocycles. The van der Waals surface area contributed by atoms with Gasteiger partial charge in [-0.3, -0.25) is 14.6 Å². The number of benzene rings is 1. The highest BCUT2D eigenvalue weighted by Gasteiger charge is 2.51. The minimum atomic E-state index is -0.543. The monoisotopic (exact) mass is 456 g/mol.